The van der Waals surface area contributed by atoms with Crippen LogP contribution in [-0.2, 0) is 27.1 Å². The molecule has 3 aromatic heterocycles. The van der Waals surface area contributed by atoms with Gasteiger partial charge in [0.1, 0.15) is 10.3 Å². The summed E-state index contributed by atoms with van der Waals surface area (Å²) in [5.74, 6) is 0.705. The van der Waals surface area contributed by atoms with Gasteiger partial charge >= 0.3 is 6.09 Å². The van der Waals surface area contributed by atoms with Gasteiger partial charge in [-0.1, -0.05) is 52.3 Å². The Hall–Kier alpha value is -3.55. The molecule has 0 aliphatic carbocycles. The fraction of sp³-hybridized carbons (Fsp3) is 0.524. The van der Waals surface area contributed by atoms with Gasteiger partial charge in [-0.15, -0.1) is 4.72 Å². The van der Waals surface area contributed by atoms with Crippen LogP contribution in [0.15, 0.2) is 60.8 Å². The number of carbonyl (C=O) groups excluding carboxylic acids is 1. The molecular weight excluding hydrogens is 713 g/mol. The van der Waals surface area contributed by atoms with E-state index >= 15 is 0 Å². The molecule has 1 aliphatic rings. The predicted molar refractivity (Wildman–Crippen MR) is 223 cm³/mol. The summed E-state index contributed by atoms with van der Waals surface area (Å²) in [5.41, 5.74) is 5.96. The minimum Gasteiger partial charge on any atom is -0.598 e. The third kappa shape index (κ3) is 10.00. The zero-order valence-corrected chi connectivity index (χ0v) is 36.2. The lowest BCUT2D eigenvalue weighted by Gasteiger charge is -2.36. The van der Waals surface area contributed by atoms with Gasteiger partial charge in [0.05, 0.1) is 41.4 Å². The highest BCUT2D eigenvalue weighted by Gasteiger charge is 2.37. The molecule has 0 fully saturated rings. The second-order valence-electron chi connectivity index (χ2n) is 17.7. The molecule has 2 atom stereocenters. The van der Waals surface area contributed by atoms with Gasteiger partial charge in [-0.3, -0.25) is 4.98 Å². The number of ether oxygens (including phenoxy) is 1. The quantitative estimate of drug-likeness (QED) is 0.118. The first-order valence-corrected chi connectivity index (χ1v) is 23.2. The van der Waals surface area contributed by atoms with Crippen molar-refractivity contribution < 1.29 is 18.5 Å². The molecule has 12 heteroatoms. The molecule has 10 nitrogen and oxygen atoms in total. The summed E-state index contributed by atoms with van der Waals surface area (Å²) < 4.78 is 30.2. The number of rotatable bonds is 11. The summed E-state index contributed by atoms with van der Waals surface area (Å²) in [4.78, 5) is 24.9. The summed E-state index contributed by atoms with van der Waals surface area (Å²) >= 11 is -1.25. The van der Waals surface area contributed by atoms with Crippen LogP contribution in [0.2, 0.25) is 18.1 Å². The molecule has 0 spiro atoms. The van der Waals surface area contributed by atoms with Crippen molar-refractivity contribution in [3.8, 4) is 17.1 Å². The maximum atomic E-state index is 13.2. The molecule has 0 saturated carbocycles. The highest BCUT2D eigenvalue weighted by Crippen LogP contribution is 2.38. The first kappa shape index (κ1) is 41.6. The van der Waals surface area contributed by atoms with Crippen molar-refractivity contribution in [2.24, 2.45) is 0 Å². The van der Waals surface area contributed by atoms with Crippen LogP contribution in [0.4, 0.5) is 4.79 Å². The fourth-order valence-corrected chi connectivity index (χ4v) is 7.73. The standard InChI is InChI=1S/C42H60N6O4SSi/c1-13-16-36(46-53(50)41(5,6)7)35-19-15-18-34(45-35)30-25-32(29-21-23-47(24-22-29)39(49)52-40(2,3)4)33-27-43-48(37(33)26-30)38-20-14-17-31(44-38)28-51-54(11,12)42(8,9)10/h14-15,17-21,25-27,36,46H,13,16,22-24,28H2,1-12H3/t36-,53?/m0/s1. The maximum Gasteiger partial charge on any atom is 0.410 e. The Morgan fingerprint density at radius 1 is 1.02 bits per heavy atom. The number of amides is 1. The molecule has 1 amide bonds. The molecule has 4 aromatic rings. The Balaban J connectivity index is 1.58. The Labute approximate surface area is 326 Å². The minimum atomic E-state index is -1.98. The summed E-state index contributed by atoms with van der Waals surface area (Å²) in [6.07, 6.45) is 6.10. The summed E-state index contributed by atoms with van der Waals surface area (Å²) in [6.45, 7) is 26.4. The van der Waals surface area contributed by atoms with Crippen molar-refractivity contribution in [1.82, 2.24) is 29.4 Å². The molecule has 4 heterocycles. The van der Waals surface area contributed by atoms with E-state index in [1.807, 2.05) is 88.8 Å². The summed E-state index contributed by atoms with van der Waals surface area (Å²) in [6, 6.07) is 16.2. The largest absolute Gasteiger partial charge is 0.598 e. The zero-order valence-electron chi connectivity index (χ0n) is 34.4. The SMILES string of the molecule is CCC[C@H](N[S+]([O-])C(C)(C)C)c1cccc(-c2cc(C3=CCN(C(=O)OC(C)(C)C)CC3)c3cnn(-c4cccc(CO[Si](C)(C)C(C)(C)C)n4)c3c2)n1. The average Bonchev–Trinajstić information content (AvgIpc) is 3.53. The maximum absolute atomic E-state index is 13.2. The van der Waals surface area contributed by atoms with E-state index in [2.05, 4.69) is 63.7 Å². The molecule has 1 unspecified atom stereocenters. The van der Waals surface area contributed by atoms with Crippen LogP contribution in [0.5, 0.6) is 0 Å². The second kappa shape index (κ2) is 16.3. The van der Waals surface area contributed by atoms with Gasteiger partial charge in [-0.05, 0) is 120 Å². The third-order valence-corrected chi connectivity index (χ3v) is 16.2. The molecule has 1 aliphatic heterocycles. The van der Waals surface area contributed by atoms with Crippen LogP contribution < -0.4 is 4.72 Å². The van der Waals surface area contributed by atoms with Crippen molar-refractivity contribution in [2.75, 3.05) is 13.1 Å². The van der Waals surface area contributed by atoms with E-state index in [9.17, 15) is 9.35 Å². The number of aromatic nitrogens is 4. The smallest absolute Gasteiger partial charge is 0.410 e. The van der Waals surface area contributed by atoms with Crippen molar-refractivity contribution in [1.29, 1.82) is 0 Å². The lowest BCUT2D eigenvalue weighted by atomic mass is 9.93. The van der Waals surface area contributed by atoms with E-state index < -0.39 is 30.0 Å². The number of fused-ring (bicyclic) bond motifs is 1. The Bertz CT molecular complexity index is 1970. The van der Waals surface area contributed by atoms with Gasteiger partial charge in [0.25, 0.3) is 0 Å². The van der Waals surface area contributed by atoms with Crippen molar-refractivity contribution in [3.63, 3.8) is 0 Å². The van der Waals surface area contributed by atoms with Crippen molar-refractivity contribution in [3.05, 3.63) is 77.8 Å². The number of hydrogen-bond donors (Lipinski definition) is 1. The molecule has 0 bridgehead atoms. The van der Waals surface area contributed by atoms with Crippen LogP contribution in [0, 0.1) is 0 Å². The molecule has 292 valence electrons. The van der Waals surface area contributed by atoms with Gasteiger partial charge in [-0.2, -0.15) is 5.10 Å². The van der Waals surface area contributed by atoms with E-state index in [0.29, 0.717) is 31.9 Å². The van der Waals surface area contributed by atoms with Gasteiger partial charge in [0, 0.05) is 35.4 Å². The first-order valence-electron chi connectivity index (χ1n) is 19.1. The van der Waals surface area contributed by atoms with Crippen LogP contribution in [-0.4, -0.2) is 67.0 Å². The van der Waals surface area contributed by atoms with Crippen molar-refractivity contribution in [2.45, 2.75) is 130 Å². The highest BCUT2D eigenvalue weighted by molar-refractivity contribution is 7.90. The molecular formula is C42H60N6O4SSi. The van der Waals surface area contributed by atoms with Gasteiger partial charge in [0.15, 0.2) is 14.1 Å². The second-order valence-corrected chi connectivity index (χ2v) is 24.5. The predicted octanol–water partition coefficient (Wildman–Crippen LogP) is 9.92. The third-order valence-electron chi connectivity index (χ3n) is 10.1. The van der Waals surface area contributed by atoms with Gasteiger partial charge < -0.3 is 18.6 Å². The number of nitrogens with one attached hydrogen (secondary N) is 1. The van der Waals surface area contributed by atoms with Gasteiger partial charge in [-0.25, -0.2) is 14.5 Å². The Morgan fingerprint density at radius 2 is 1.74 bits per heavy atom. The lowest BCUT2D eigenvalue weighted by Crippen LogP contribution is -2.41. The summed E-state index contributed by atoms with van der Waals surface area (Å²) in [5, 5.41) is 5.98. The Kier molecular flexibility index (Phi) is 12.5. The van der Waals surface area contributed by atoms with Crippen LogP contribution in [0.3, 0.4) is 0 Å². The fourth-order valence-electron chi connectivity index (χ4n) is 5.93. The number of benzene rings is 1. The number of nitrogens with zero attached hydrogens (tertiary/aromatic N) is 5. The highest BCUT2D eigenvalue weighted by atomic mass is 32.2. The molecule has 54 heavy (non-hydrogen) atoms. The van der Waals surface area contributed by atoms with E-state index in [-0.39, 0.29) is 17.2 Å². The lowest BCUT2D eigenvalue weighted by molar-refractivity contribution is 0.0270. The van der Waals surface area contributed by atoms with Crippen LogP contribution >= 0.6 is 0 Å². The van der Waals surface area contributed by atoms with E-state index in [1.165, 1.54) is 0 Å². The zero-order chi connectivity index (χ0) is 39.6. The molecule has 1 aromatic carbocycles. The van der Waals surface area contributed by atoms with E-state index in [4.69, 9.17) is 24.2 Å². The van der Waals surface area contributed by atoms with E-state index in [1.54, 1.807) is 4.90 Å². The first-order chi connectivity index (χ1) is 25.2. The molecule has 0 saturated heterocycles. The number of hydrogen-bond acceptors (Lipinski definition) is 8. The average molecular weight is 773 g/mol. The minimum absolute atomic E-state index is 0.0922. The monoisotopic (exact) mass is 772 g/mol. The van der Waals surface area contributed by atoms with E-state index in [0.717, 1.165) is 57.5 Å². The molecule has 1 N–H and O–H groups in total. The van der Waals surface area contributed by atoms with Crippen LogP contribution in [0.25, 0.3) is 33.6 Å². The topological polar surface area (TPSA) is 117 Å². The molecule has 0 radical (unpaired) electrons. The number of pyridine rings is 2. The molecule has 5 rings (SSSR count). The van der Waals surface area contributed by atoms with Crippen LogP contribution in [0.1, 0.15) is 111 Å². The van der Waals surface area contributed by atoms with Gasteiger partial charge in [0.2, 0.25) is 0 Å². The normalized spacial score (nSPS) is 15.6. The van der Waals surface area contributed by atoms with Crippen molar-refractivity contribution >= 4 is 42.2 Å². The Morgan fingerprint density at radius 3 is 2.37 bits per heavy atom. The summed E-state index contributed by atoms with van der Waals surface area (Å²) in [7, 11) is -1.98. The number of carbonyl (C=O) groups is 1.